The van der Waals surface area contributed by atoms with Crippen molar-refractivity contribution in [1.29, 1.82) is 0 Å². The molecule has 7 heteroatoms. The first kappa shape index (κ1) is 25.7. The highest BCUT2D eigenvalue weighted by Crippen LogP contribution is 2.39. The summed E-state index contributed by atoms with van der Waals surface area (Å²) in [5.74, 6) is 2.69. The molecule has 2 aromatic rings. The van der Waals surface area contributed by atoms with Gasteiger partial charge in [-0.2, -0.15) is 0 Å². The highest BCUT2D eigenvalue weighted by atomic mass is 16.6. The molecule has 0 spiro atoms. The van der Waals surface area contributed by atoms with Crippen LogP contribution in [-0.2, 0) is 28.8 Å². The Hall–Kier alpha value is -2.93. The maximum atomic E-state index is 11.9. The van der Waals surface area contributed by atoms with Crippen molar-refractivity contribution in [2.24, 2.45) is 0 Å². The average molecular weight is 472 g/mol. The molecule has 7 nitrogen and oxygen atoms in total. The molecule has 0 bridgehead atoms. The maximum Gasteiger partial charge on any atom is 0.303 e. The Morgan fingerprint density at radius 3 is 2.18 bits per heavy atom. The fourth-order valence-corrected chi connectivity index (χ4v) is 4.71. The SMILES string of the molecule is COc1ccc(CCCNCCC2(OC(C)=O)CCc3cc(OC)c(OC)cc3C2)cc1OC. The lowest BCUT2D eigenvalue weighted by molar-refractivity contribution is -0.159. The normalized spacial score (nSPS) is 17.0. The summed E-state index contributed by atoms with van der Waals surface area (Å²) in [7, 11) is 6.58. The van der Waals surface area contributed by atoms with Gasteiger partial charge in [-0.3, -0.25) is 4.79 Å². The molecule has 0 aliphatic heterocycles. The van der Waals surface area contributed by atoms with Gasteiger partial charge in [0.1, 0.15) is 5.60 Å². The lowest BCUT2D eigenvalue weighted by Crippen LogP contribution is -2.43. The number of carbonyl (C=O) groups excluding carboxylic acids is 1. The zero-order valence-electron chi connectivity index (χ0n) is 21.0. The number of methoxy groups -OCH3 is 4. The smallest absolute Gasteiger partial charge is 0.303 e. The number of rotatable bonds is 12. The van der Waals surface area contributed by atoms with E-state index in [4.69, 9.17) is 23.7 Å². The summed E-state index contributed by atoms with van der Waals surface area (Å²) in [6.07, 6.45) is 5.00. The summed E-state index contributed by atoms with van der Waals surface area (Å²) in [5, 5.41) is 3.52. The van der Waals surface area contributed by atoms with Crippen molar-refractivity contribution in [3.8, 4) is 23.0 Å². The molecule has 1 N–H and O–H groups in total. The Kier molecular flexibility index (Phi) is 9.05. The second-order valence-corrected chi connectivity index (χ2v) is 8.72. The van der Waals surface area contributed by atoms with E-state index in [1.807, 2.05) is 24.3 Å². The van der Waals surface area contributed by atoms with Crippen molar-refractivity contribution in [1.82, 2.24) is 5.32 Å². The van der Waals surface area contributed by atoms with Crippen LogP contribution in [0.15, 0.2) is 30.3 Å². The molecule has 2 aromatic carbocycles. The number of benzene rings is 2. The predicted octanol–water partition coefficient (Wildman–Crippen LogP) is 4.12. The first-order valence-corrected chi connectivity index (χ1v) is 11.8. The average Bonchev–Trinajstić information content (AvgIpc) is 2.84. The van der Waals surface area contributed by atoms with Gasteiger partial charge < -0.3 is 29.0 Å². The zero-order chi connectivity index (χ0) is 24.6. The number of esters is 1. The zero-order valence-corrected chi connectivity index (χ0v) is 21.0. The van der Waals surface area contributed by atoms with Crippen LogP contribution in [0.25, 0.3) is 0 Å². The molecular weight excluding hydrogens is 434 g/mol. The van der Waals surface area contributed by atoms with E-state index in [0.717, 1.165) is 68.0 Å². The molecule has 0 saturated carbocycles. The van der Waals surface area contributed by atoms with Gasteiger partial charge in [-0.15, -0.1) is 0 Å². The number of nitrogens with one attached hydrogen (secondary N) is 1. The summed E-state index contributed by atoms with van der Waals surface area (Å²) in [5.41, 5.74) is 3.08. The molecule has 0 fully saturated rings. The Labute approximate surface area is 202 Å². The van der Waals surface area contributed by atoms with Crippen LogP contribution in [0.3, 0.4) is 0 Å². The highest BCUT2D eigenvalue weighted by molar-refractivity contribution is 5.66. The molecule has 186 valence electrons. The third kappa shape index (κ3) is 6.35. The van der Waals surface area contributed by atoms with Crippen LogP contribution in [-0.4, -0.2) is 53.1 Å². The molecule has 34 heavy (non-hydrogen) atoms. The fourth-order valence-electron chi connectivity index (χ4n) is 4.71. The number of hydrogen-bond acceptors (Lipinski definition) is 7. The maximum absolute atomic E-state index is 11.9. The van der Waals surface area contributed by atoms with Gasteiger partial charge in [0.05, 0.1) is 28.4 Å². The second kappa shape index (κ2) is 12.0. The first-order chi connectivity index (χ1) is 16.4. The topological polar surface area (TPSA) is 75.3 Å². The van der Waals surface area contributed by atoms with Crippen molar-refractivity contribution in [3.63, 3.8) is 0 Å². The summed E-state index contributed by atoms with van der Waals surface area (Å²) in [6.45, 7) is 3.15. The molecule has 1 aliphatic rings. The van der Waals surface area contributed by atoms with Gasteiger partial charge >= 0.3 is 5.97 Å². The van der Waals surface area contributed by atoms with E-state index in [-0.39, 0.29) is 5.97 Å². The third-order valence-corrected chi connectivity index (χ3v) is 6.45. The Bertz CT molecular complexity index is 976. The van der Waals surface area contributed by atoms with Crippen LogP contribution in [0.1, 0.15) is 42.9 Å². The minimum Gasteiger partial charge on any atom is -0.493 e. The largest absolute Gasteiger partial charge is 0.493 e. The lowest BCUT2D eigenvalue weighted by atomic mass is 9.78. The van der Waals surface area contributed by atoms with Crippen molar-refractivity contribution >= 4 is 5.97 Å². The van der Waals surface area contributed by atoms with Gasteiger partial charge in [-0.1, -0.05) is 6.07 Å². The van der Waals surface area contributed by atoms with Crippen molar-refractivity contribution in [2.75, 3.05) is 41.5 Å². The standard InChI is InChI=1S/C27H37NO6/c1-19(29)34-27(11-10-21-16-25(32-4)26(33-5)17-22(21)18-27)12-14-28-13-6-7-20-8-9-23(30-2)24(15-20)31-3/h8-9,15-17,28H,6-7,10-14,18H2,1-5H3. The molecule has 0 radical (unpaired) electrons. The molecule has 0 amide bonds. The number of carbonyl (C=O) groups is 1. The molecule has 0 heterocycles. The highest BCUT2D eigenvalue weighted by Gasteiger charge is 2.37. The van der Waals surface area contributed by atoms with Crippen LogP contribution < -0.4 is 24.3 Å². The minimum absolute atomic E-state index is 0.239. The van der Waals surface area contributed by atoms with Gasteiger partial charge in [-0.25, -0.2) is 0 Å². The van der Waals surface area contributed by atoms with Crippen LogP contribution in [0.2, 0.25) is 0 Å². The Morgan fingerprint density at radius 2 is 1.53 bits per heavy atom. The summed E-state index contributed by atoms with van der Waals surface area (Å²) in [4.78, 5) is 11.9. The number of fused-ring (bicyclic) bond motifs is 1. The molecule has 1 aliphatic carbocycles. The Morgan fingerprint density at radius 1 is 0.882 bits per heavy atom. The lowest BCUT2D eigenvalue weighted by Gasteiger charge is -2.38. The molecule has 0 saturated heterocycles. The van der Waals surface area contributed by atoms with E-state index in [1.54, 1.807) is 28.4 Å². The third-order valence-electron chi connectivity index (χ3n) is 6.45. The quantitative estimate of drug-likeness (QED) is 0.369. The van der Waals surface area contributed by atoms with Gasteiger partial charge in [-0.05, 0) is 79.7 Å². The second-order valence-electron chi connectivity index (χ2n) is 8.72. The van der Waals surface area contributed by atoms with E-state index < -0.39 is 5.60 Å². The van der Waals surface area contributed by atoms with Gasteiger partial charge in [0.2, 0.25) is 0 Å². The van der Waals surface area contributed by atoms with Crippen LogP contribution in [0, 0.1) is 0 Å². The monoisotopic (exact) mass is 471 g/mol. The van der Waals surface area contributed by atoms with Crippen LogP contribution >= 0.6 is 0 Å². The molecule has 1 atom stereocenters. The van der Waals surface area contributed by atoms with E-state index in [0.29, 0.717) is 12.2 Å². The summed E-state index contributed by atoms with van der Waals surface area (Å²) < 4.78 is 27.5. The van der Waals surface area contributed by atoms with Crippen LogP contribution in [0.5, 0.6) is 23.0 Å². The molecule has 1 unspecified atom stereocenters. The van der Waals surface area contributed by atoms with Gasteiger partial charge in [0.15, 0.2) is 23.0 Å². The predicted molar refractivity (Wildman–Crippen MR) is 131 cm³/mol. The first-order valence-electron chi connectivity index (χ1n) is 11.8. The fraction of sp³-hybridized carbons (Fsp3) is 0.519. The summed E-state index contributed by atoms with van der Waals surface area (Å²) >= 11 is 0. The van der Waals surface area contributed by atoms with Crippen molar-refractivity contribution < 1.29 is 28.5 Å². The van der Waals surface area contributed by atoms with Gasteiger partial charge in [0.25, 0.3) is 0 Å². The number of aryl methyl sites for hydroxylation is 2. The molecule has 0 aromatic heterocycles. The van der Waals surface area contributed by atoms with E-state index in [2.05, 4.69) is 11.4 Å². The minimum atomic E-state index is -0.505. The van der Waals surface area contributed by atoms with Crippen molar-refractivity contribution in [3.05, 3.63) is 47.0 Å². The molecular formula is C27H37NO6. The molecule has 3 rings (SSSR count). The van der Waals surface area contributed by atoms with E-state index >= 15 is 0 Å². The number of ether oxygens (including phenoxy) is 5. The van der Waals surface area contributed by atoms with Crippen LogP contribution in [0.4, 0.5) is 0 Å². The summed E-state index contributed by atoms with van der Waals surface area (Å²) in [6, 6.07) is 10.1. The Balaban J connectivity index is 1.55. The van der Waals surface area contributed by atoms with Crippen molar-refractivity contribution in [2.45, 2.75) is 51.0 Å². The van der Waals surface area contributed by atoms with Gasteiger partial charge in [0, 0.05) is 19.8 Å². The van der Waals surface area contributed by atoms with E-state index in [9.17, 15) is 4.79 Å². The van der Waals surface area contributed by atoms with E-state index in [1.165, 1.54) is 18.1 Å². The number of hydrogen-bond donors (Lipinski definition) is 1.